The maximum absolute atomic E-state index is 12.2. The van der Waals surface area contributed by atoms with Crippen molar-refractivity contribution < 1.29 is 26.9 Å². The van der Waals surface area contributed by atoms with Gasteiger partial charge in [-0.1, -0.05) is 0 Å². The molecule has 0 heterocycles. The molecule has 0 saturated carbocycles. The Bertz CT molecular complexity index is 843. The molecule has 1 amide bonds. The van der Waals surface area contributed by atoms with Crippen LogP contribution in [0, 0.1) is 0 Å². The zero-order valence-corrected chi connectivity index (χ0v) is 12.9. The van der Waals surface area contributed by atoms with E-state index in [4.69, 9.17) is 14.7 Å². The molecule has 2 rings (SSSR count). The summed E-state index contributed by atoms with van der Waals surface area (Å²) in [5.41, 5.74) is 5.29. The fourth-order valence-corrected chi connectivity index (χ4v) is 2.73. The molecule has 0 aliphatic rings. The van der Waals surface area contributed by atoms with E-state index < -0.39 is 16.0 Å². The van der Waals surface area contributed by atoms with Crippen molar-refractivity contribution in [2.75, 3.05) is 7.11 Å². The molecule has 0 aliphatic heterocycles. The van der Waals surface area contributed by atoms with Gasteiger partial charge >= 0.3 is 10.1 Å². The second-order valence-corrected chi connectivity index (χ2v) is 5.99. The normalized spacial score (nSPS) is 10.8. The van der Waals surface area contributed by atoms with E-state index >= 15 is 0 Å². The van der Waals surface area contributed by atoms with Crippen LogP contribution in [-0.2, 0) is 10.1 Å². The summed E-state index contributed by atoms with van der Waals surface area (Å²) in [5.74, 6) is -0.407. The number of ether oxygens (including phenoxy) is 1. The minimum atomic E-state index is -4.16. The van der Waals surface area contributed by atoms with E-state index in [0.29, 0.717) is 12.0 Å². The molecule has 7 nitrogen and oxygen atoms in total. The summed E-state index contributed by atoms with van der Waals surface area (Å²) in [5, 5.41) is 0. The Morgan fingerprint density at radius 3 is 2.30 bits per heavy atom. The van der Waals surface area contributed by atoms with Gasteiger partial charge in [0.25, 0.3) is 0 Å². The summed E-state index contributed by atoms with van der Waals surface area (Å²) in [6, 6.07) is 9.07. The SMILES string of the molecule is COc1ccc(OS(=O)(=O)c2ccc(C(N)=O)cc2)c(C=O)c1. The van der Waals surface area contributed by atoms with Crippen LogP contribution in [0.2, 0.25) is 0 Å². The van der Waals surface area contributed by atoms with Crippen molar-refractivity contribution in [1.29, 1.82) is 0 Å². The number of nitrogens with two attached hydrogens (primary N) is 1. The molecule has 0 bridgehead atoms. The Kier molecular flexibility index (Phi) is 4.65. The van der Waals surface area contributed by atoms with E-state index in [1.165, 1.54) is 49.6 Å². The van der Waals surface area contributed by atoms with E-state index in [1.807, 2.05) is 0 Å². The van der Waals surface area contributed by atoms with Gasteiger partial charge in [-0.25, -0.2) is 0 Å². The average molecular weight is 335 g/mol. The minimum absolute atomic E-state index is 0.0293. The summed E-state index contributed by atoms with van der Waals surface area (Å²) in [6.45, 7) is 0. The van der Waals surface area contributed by atoms with Crippen LogP contribution < -0.4 is 14.7 Å². The fraction of sp³-hybridized carbons (Fsp3) is 0.0667. The van der Waals surface area contributed by atoms with Crippen LogP contribution in [0.4, 0.5) is 0 Å². The van der Waals surface area contributed by atoms with E-state index in [1.54, 1.807) is 0 Å². The van der Waals surface area contributed by atoms with Crippen molar-refractivity contribution >= 4 is 22.3 Å². The zero-order valence-electron chi connectivity index (χ0n) is 12.1. The molecule has 8 heteroatoms. The minimum Gasteiger partial charge on any atom is -0.497 e. The molecule has 0 atom stereocenters. The number of aldehydes is 1. The number of carbonyl (C=O) groups is 2. The first-order valence-electron chi connectivity index (χ1n) is 6.35. The van der Waals surface area contributed by atoms with Gasteiger partial charge in [0, 0.05) is 5.56 Å². The molecule has 0 aromatic heterocycles. The Balaban J connectivity index is 2.34. The lowest BCUT2D eigenvalue weighted by Crippen LogP contribution is -2.13. The molecule has 0 radical (unpaired) electrons. The Morgan fingerprint density at radius 1 is 1.13 bits per heavy atom. The lowest BCUT2D eigenvalue weighted by Gasteiger charge is -2.10. The van der Waals surface area contributed by atoms with Crippen molar-refractivity contribution in [3.63, 3.8) is 0 Å². The highest BCUT2D eigenvalue weighted by Gasteiger charge is 2.19. The maximum atomic E-state index is 12.2. The van der Waals surface area contributed by atoms with Crippen LogP contribution in [-0.4, -0.2) is 27.7 Å². The highest BCUT2D eigenvalue weighted by atomic mass is 32.2. The standard InChI is InChI=1S/C15H13NO6S/c1-21-12-4-7-14(11(8-12)9-17)22-23(19,20)13-5-2-10(3-6-13)15(16)18/h2-9H,1H3,(H2,16,18). The highest BCUT2D eigenvalue weighted by molar-refractivity contribution is 7.87. The van der Waals surface area contributed by atoms with Gasteiger partial charge in [-0.3, -0.25) is 9.59 Å². The van der Waals surface area contributed by atoms with Gasteiger partial charge in [0.15, 0.2) is 12.0 Å². The van der Waals surface area contributed by atoms with Crippen LogP contribution in [0.5, 0.6) is 11.5 Å². The number of primary amides is 1. The third-order valence-electron chi connectivity index (χ3n) is 2.97. The molecule has 2 aromatic rings. The second-order valence-electron chi connectivity index (χ2n) is 4.45. The van der Waals surface area contributed by atoms with Crippen molar-refractivity contribution in [3.8, 4) is 11.5 Å². The molecule has 2 aromatic carbocycles. The largest absolute Gasteiger partial charge is 0.497 e. The first-order chi connectivity index (χ1) is 10.9. The number of benzene rings is 2. The monoisotopic (exact) mass is 335 g/mol. The molecule has 0 fully saturated rings. The highest BCUT2D eigenvalue weighted by Crippen LogP contribution is 2.26. The summed E-state index contributed by atoms with van der Waals surface area (Å²) >= 11 is 0. The van der Waals surface area contributed by atoms with Crippen molar-refractivity contribution in [2.45, 2.75) is 4.90 Å². The van der Waals surface area contributed by atoms with Crippen LogP contribution in [0.3, 0.4) is 0 Å². The van der Waals surface area contributed by atoms with E-state index in [2.05, 4.69) is 0 Å². The number of hydrogen-bond donors (Lipinski definition) is 1. The summed E-state index contributed by atoms with van der Waals surface area (Å²) < 4.78 is 34.4. The molecule has 120 valence electrons. The smallest absolute Gasteiger partial charge is 0.339 e. The predicted molar refractivity (Wildman–Crippen MR) is 81.2 cm³/mol. The zero-order chi connectivity index (χ0) is 17.0. The Labute approximate surface area is 132 Å². The lowest BCUT2D eigenvalue weighted by atomic mass is 10.2. The maximum Gasteiger partial charge on any atom is 0.339 e. The van der Waals surface area contributed by atoms with Crippen LogP contribution in [0.25, 0.3) is 0 Å². The average Bonchev–Trinajstić information content (AvgIpc) is 2.55. The second kappa shape index (κ2) is 6.49. The molecule has 2 N–H and O–H groups in total. The number of amides is 1. The molecule has 0 saturated heterocycles. The van der Waals surface area contributed by atoms with Crippen LogP contribution in [0.1, 0.15) is 20.7 Å². The van der Waals surface area contributed by atoms with Gasteiger partial charge in [-0.15, -0.1) is 0 Å². The van der Waals surface area contributed by atoms with Gasteiger partial charge in [-0.2, -0.15) is 8.42 Å². The number of carbonyl (C=O) groups excluding carboxylic acids is 2. The molecular formula is C15H13NO6S. The number of hydrogen-bond acceptors (Lipinski definition) is 6. The molecule has 23 heavy (non-hydrogen) atoms. The fourth-order valence-electron chi connectivity index (χ4n) is 1.77. The first-order valence-corrected chi connectivity index (χ1v) is 7.76. The van der Waals surface area contributed by atoms with E-state index in [9.17, 15) is 18.0 Å². The molecule has 0 aliphatic carbocycles. The Morgan fingerprint density at radius 2 is 1.78 bits per heavy atom. The third kappa shape index (κ3) is 3.67. The number of rotatable bonds is 6. The van der Waals surface area contributed by atoms with Gasteiger partial charge in [0.05, 0.1) is 12.7 Å². The molecule has 0 unspecified atom stereocenters. The summed E-state index contributed by atoms with van der Waals surface area (Å²) in [4.78, 5) is 21.9. The molecular weight excluding hydrogens is 322 g/mol. The topological polar surface area (TPSA) is 113 Å². The number of methoxy groups -OCH3 is 1. The van der Waals surface area contributed by atoms with Gasteiger partial charge in [-0.05, 0) is 42.5 Å². The van der Waals surface area contributed by atoms with E-state index in [0.717, 1.165) is 0 Å². The Hall–Kier alpha value is -2.87. The van der Waals surface area contributed by atoms with Gasteiger partial charge in [0.1, 0.15) is 10.6 Å². The lowest BCUT2D eigenvalue weighted by molar-refractivity contribution is 0.0999. The van der Waals surface area contributed by atoms with Gasteiger partial charge < -0.3 is 14.7 Å². The quantitative estimate of drug-likeness (QED) is 0.630. The van der Waals surface area contributed by atoms with Crippen molar-refractivity contribution in [2.24, 2.45) is 5.73 Å². The predicted octanol–water partition coefficient (Wildman–Crippen LogP) is 1.37. The summed E-state index contributed by atoms with van der Waals surface area (Å²) in [6.07, 6.45) is 0.462. The third-order valence-corrected chi connectivity index (χ3v) is 4.22. The van der Waals surface area contributed by atoms with E-state index in [-0.39, 0.29) is 21.8 Å². The first kappa shape index (κ1) is 16.5. The molecule has 0 spiro atoms. The van der Waals surface area contributed by atoms with Crippen molar-refractivity contribution in [3.05, 3.63) is 53.6 Å². The van der Waals surface area contributed by atoms with Gasteiger partial charge in [0.2, 0.25) is 5.91 Å². The van der Waals surface area contributed by atoms with Crippen LogP contribution in [0.15, 0.2) is 47.4 Å². The summed E-state index contributed by atoms with van der Waals surface area (Å²) in [7, 11) is -2.74. The van der Waals surface area contributed by atoms with Crippen molar-refractivity contribution in [1.82, 2.24) is 0 Å². The van der Waals surface area contributed by atoms with Crippen LogP contribution >= 0.6 is 0 Å².